The molecule has 30 heavy (non-hydrogen) atoms. The summed E-state index contributed by atoms with van der Waals surface area (Å²) in [5.74, 6) is 1.78. The van der Waals surface area contributed by atoms with Gasteiger partial charge in [-0.05, 0) is 61.7 Å². The first-order valence-corrected chi connectivity index (χ1v) is 11.3. The minimum Gasteiger partial charge on any atom is -0.494 e. The normalized spacial score (nSPS) is 10.7. The van der Waals surface area contributed by atoms with E-state index in [0.29, 0.717) is 6.61 Å². The molecule has 2 rings (SSSR count). The Kier molecular flexibility index (Phi) is 15.5. The standard InChI is InChI=1S/C26H37NO2.ClH/c1-2-3-4-11-20-27-21-12-6-5-7-13-22-28-25-16-18-26(19-17-25)29-23-24-14-9-8-10-15-24;/h8-10,14-20H,2-7,11-13,21-23H2,1H3;1H. The summed E-state index contributed by atoms with van der Waals surface area (Å²) in [6, 6.07) is 18.1. The van der Waals surface area contributed by atoms with E-state index in [1.165, 1.54) is 50.5 Å². The Hall–Kier alpha value is -2.00. The Morgan fingerprint density at radius 2 is 1.40 bits per heavy atom. The summed E-state index contributed by atoms with van der Waals surface area (Å²) >= 11 is 0. The first-order valence-electron chi connectivity index (χ1n) is 11.3. The van der Waals surface area contributed by atoms with E-state index in [1.54, 1.807) is 0 Å². The summed E-state index contributed by atoms with van der Waals surface area (Å²) in [5.41, 5.74) is 1.17. The molecule has 0 amide bonds. The van der Waals surface area contributed by atoms with Gasteiger partial charge in [0.2, 0.25) is 0 Å². The maximum absolute atomic E-state index is 5.84. The van der Waals surface area contributed by atoms with Gasteiger partial charge in [0.15, 0.2) is 0 Å². The first-order chi connectivity index (χ1) is 14.4. The van der Waals surface area contributed by atoms with E-state index in [4.69, 9.17) is 9.47 Å². The molecule has 0 N–H and O–H groups in total. The highest BCUT2D eigenvalue weighted by Crippen LogP contribution is 2.19. The van der Waals surface area contributed by atoms with Crippen LogP contribution in [0.1, 0.15) is 70.3 Å². The first kappa shape index (κ1) is 26.0. The van der Waals surface area contributed by atoms with E-state index in [1.807, 2.05) is 42.5 Å². The average Bonchev–Trinajstić information content (AvgIpc) is 2.77. The summed E-state index contributed by atoms with van der Waals surface area (Å²) in [6.45, 7) is 4.59. The van der Waals surface area contributed by atoms with Gasteiger partial charge in [-0.3, -0.25) is 4.99 Å². The van der Waals surface area contributed by atoms with Crippen LogP contribution in [0.5, 0.6) is 11.5 Å². The zero-order valence-electron chi connectivity index (χ0n) is 18.4. The Morgan fingerprint density at radius 1 is 0.733 bits per heavy atom. The molecule has 0 fully saturated rings. The van der Waals surface area contributed by atoms with Crippen molar-refractivity contribution in [1.29, 1.82) is 0 Å². The van der Waals surface area contributed by atoms with Gasteiger partial charge in [0, 0.05) is 6.54 Å². The van der Waals surface area contributed by atoms with Crippen molar-refractivity contribution < 1.29 is 9.47 Å². The van der Waals surface area contributed by atoms with E-state index in [9.17, 15) is 0 Å². The molecule has 2 aromatic rings. The molecule has 0 saturated carbocycles. The fourth-order valence-electron chi connectivity index (χ4n) is 3.07. The lowest BCUT2D eigenvalue weighted by atomic mass is 10.1. The molecule has 0 atom stereocenters. The third-order valence-corrected chi connectivity index (χ3v) is 4.84. The molecule has 0 bridgehead atoms. The number of hydrogen-bond donors (Lipinski definition) is 0. The molecule has 0 aliphatic heterocycles. The van der Waals surface area contributed by atoms with Gasteiger partial charge >= 0.3 is 0 Å². The van der Waals surface area contributed by atoms with Gasteiger partial charge in [0.05, 0.1) is 6.61 Å². The molecule has 3 nitrogen and oxygen atoms in total. The molecule has 0 heterocycles. The molecule has 0 unspecified atom stereocenters. The van der Waals surface area contributed by atoms with E-state index in [-0.39, 0.29) is 12.4 Å². The van der Waals surface area contributed by atoms with Crippen LogP contribution >= 0.6 is 12.4 Å². The van der Waals surface area contributed by atoms with Gasteiger partial charge in [0.1, 0.15) is 18.1 Å². The number of unbranched alkanes of at least 4 members (excludes halogenated alkanes) is 7. The fraction of sp³-hybridized carbons (Fsp3) is 0.500. The smallest absolute Gasteiger partial charge is 0.120 e. The number of benzene rings is 2. The van der Waals surface area contributed by atoms with Gasteiger partial charge in [-0.25, -0.2) is 0 Å². The Labute approximate surface area is 189 Å². The molecule has 2 aromatic carbocycles. The minimum atomic E-state index is 0. The number of hydrogen-bond acceptors (Lipinski definition) is 3. The van der Waals surface area contributed by atoms with E-state index in [2.05, 4.69) is 30.3 Å². The predicted molar refractivity (Wildman–Crippen MR) is 131 cm³/mol. The second kappa shape index (κ2) is 17.8. The number of ether oxygens (including phenoxy) is 2. The van der Waals surface area contributed by atoms with E-state index >= 15 is 0 Å². The monoisotopic (exact) mass is 431 g/mol. The van der Waals surface area contributed by atoms with Crippen molar-refractivity contribution in [2.45, 2.75) is 71.3 Å². The van der Waals surface area contributed by atoms with Crippen LogP contribution < -0.4 is 9.47 Å². The summed E-state index contributed by atoms with van der Waals surface area (Å²) < 4.78 is 11.6. The molecule has 0 radical (unpaired) electrons. The molecule has 0 saturated heterocycles. The lowest BCUT2D eigenvalue weighted by Gasteiger charge is -2.09. The zero-order valence-corrected chi connectivity index (χ0v) is 19.2. The van der Waals surface area contributed by atoms with Crippen LogP contribution in [0.25, 0.3) is 0 Å². The van der Waals surface area contributed by atoms with Crippen LogP contribution in [-0.4, -0.2) is 19.4 Å². The third kappa shape index (κ3) is 12.5. The van der Waals surface area contributed by atoms with Crippen LogP contribution in [0.4, 0.5) is 0 Å². The topological polar surface area (TPSA) is 30.8 Å². The van der Waals surface area contributed by atoms with Gasteiger partial charge in [-0.2, -0.15) is 0 Å². The Balaban J connectivity index is 0.00000450. The summed E-state index contributed by atoms with van der Waals surface area (Å²) in [6.07, 6.45) is 13.2. The van der Waals surface area contributed by atoms with E-state index < -0.39 is 0 Å². The van der Waals surface area contributed by atoms with Crippen molar-refractivity contribution in [3.8, 4) is 11.5 Å². The largest absolute Gasteiger partial charge is 0.494 e. The second-order valence-electron chi connectivity index (χ2n) is 7.45. The molecule has 0 aromatic heterocycles. The molecule has 0 spiro atoms. The lowest BCUT2D eigenvalue weighted by Crippen LogP contribution is -1.98. The summed E-state index contributed by atoms with van der Waals surface area (Å²) in [5, 5.41) is 0. The van der Waals surface area contributed by atoms with Crippen molar-refractivity contribution in [2.75, 3.05) is 13.2 Å². The van der Waals surface area contributed by atoms with Crippen LogP contribution in [0.3, 0.4) is 0 Å². The molecule has 4 heteroatoms. The highest BCUT2D eigenvalue weighted by atomic mass is 35.5. The molecule has 166 valence electrons. The van der Waals surface area contributed by atoms with Crippen molar-refractivity contribution in [2.24, 2.45) is 4.99 Å². The second-order valence-corrected chi connectivity index (χ2v) is 7.45. The summed E-state index contributed by atoms with van der Waals surface area (Å²) in [7, 11) is 0. The van der Waals surface area contributed by atoms with Crippen LogP contribution in [0.2, 0.25) is 0 Å². The maximum Gasteiger partial charge on any atom is 0.120 e. The number of halogens is 1. The third-order valence-electron chi connectivity index (χ3n) is 4.84. The van der Waals surface area contributed by atoms with E-state index in [0.717, 1.165) is 37.5 Å². The predicted octanol–water partition coefficient (Wildman–Crippen LogP) is 7.67. The SMILES string of the molecule is CCCCCC=NCCCCCCCOc1ccc(OCc2ccccc2)cc1.Cl. The van der Waals surface area contributed by atoms with Crippen LogP contribution in [0, 0.1) is 0 Å². The van der Waals surface area contributed by atoms with Gasteiger partial charge in [0.25, 0.3) is 0 Å². The minimum absolute atomic E-state index is 0. The molecule has 0 aliphatic carbocycles. The van der Waals surface area contributed by atoms with Crippen molar-refractivity contribution in [1.82, 2.24) is 0 Å². The van der Waals surface area contributed by atoms with Crippen LogP contribution in [0.15, 0.2) is 59.6 Å². The summed E-state index contributed by atoms with van der Waals surface area (Å²) in [4.78, 5) is 4.49. The van der Waals surface area contributed by atoms with Gasteiger partial charge in [-0.1, -0.05) is 69.4 Å². The molecular weight excluding hydrogens is 394 g/mol. The van der Waals surface area contributed by atoms with Crippen molar-refractivity contribution >= 4 is 18.6 Å². The Bertz CT molecular complexity index is 658. The molecule has 0 aliphatic rings. The lowest BCUT2D eigenvalue weighted by molar-refractivity contribution is 0.297. The van der Waals surface area contributed by atoms with Crippen molar-refractivity contribution in [3.05, 3.63) is 60.2 Å². The number of rotatable bonds is 16. The van der Waals surface area contributed by atoms with Crippen molar-refractivity contribution in [3.63, 3.8) is 0 Å². The highest BCUT2D eigenvalue weighted by molar-refractivity contribution is 5.85. The number of aliphatic imine (C=N–C) groups is 1. The average molecular weight is 432 g/mol. The van der Waals surface area contributed by atoms with Gasteiger partial charge < -0.3 is 9.47 Å². The molecular formula is C26H38ClNO2. The maximum atomic E-state index is 5.84. The highest BCUT2D eigenvalue weighted by Gasteiger charge is 1.98. The number of nitrogens with zero attached hydrogens (tertiary/aromatic N) is 1. The quantitative estimate of drug-likeness (QED) is 0.201. The zero-order chi connectivity index (χ0) is 20.4. The van der Waals surface area contributed by atoms with Gasteiger partial charge in [-0.15, -0.1) is 12.4 Å². The Morgan fingerprint density at radius 3 is 2.13 bits per heavy atom. The van der Waals surface area contributed by atoms with Crippen LogP contribution in [-0.2, 0) is 6.61 Å². The fourth-order valence-corrected chi connectivity index (χ4v) is 3.07.